The Hall–Kier alpha value is -3.26. The molecule has 1 aliphatic heterocycles. The quantitative estimate of drug-likeness (QED) is 0.369. The van der Waals surface area contributed by atoms with Crippen LogP contribution in [-0.4, -0.2) is 56.2 Å². The summed E-state index contributed by atoms with van der Waals surface area (Å²) in [5, 5.41) is 1.04. The van der Waals surface area contributed by atoms with Crippen LogP contribution in [-0.2, 0) is 17.8 Å². The molecular weight excluding hydrogens is 469 g/mol. The summed E-state index contributed by atoms with van der Waals surface area (Å²) in [5.74, 6) is 2.99. The van der Waals surface area contributed by atoms with E-state index >= 15 is 4.39 Å². The second-order valence-corrected chi connectivity index (χ2v) is 11.5. The van der Waals surface area contributed by atoms with Crippen molar-refractivity contribution >= 4 is 28.0 Å². The van der Waals surface area contributed by atoms with Crippen LogP contribution in [0.3, 0.4) is 0 Å². The fourth-order valence-corrected chi connectivity index (χ4v) is 7.32. The van der Waals surface area contributed by atoms with Gasteiger partial charge < -0.3 is 18.8 Å². The molecule has 0 radical (unpaired) electrons. The molecule has 1 saturated heterocycles. The molecule has 0 spiro atoms. The zero-order chi connectivity index (χ0) is 24.8. The highest BCUT2D eigenvalue weighted by molar-refractivity contribution is 5.99. The number of hydrogen-bond donors (Lipinski definition) is 0. The fourth-order valence-electron chi connectivity index (χ4n) is 7.32. The molecule has 0 bridgehead atoms. The maximum atomic E-state index is 15.8. The van der Waals surface area contributed by atoms with E-state index in [0.717, 1.165) is 42.2 Å². The average Bonchev–Trinajstić information content (AvgIpc) is 3.52. The molecule has 0 N–H and O–H groups in total. The van der Waals surface area contributed by atoms with Gasteiger partial charge in [0.15, 0.2) is 5.82 Å². The normalized spacial score (nSPS) is 25.9. The lowest BCUT2D eigenvalue weighted by Crippen LogP contribution is -2.53. The summed E-state index contributed by atoms with van der Waals surface area (Å²) in [6, 6.07) is 9.64. The topological polar surface area (TPSA) is 65.2 Å². The maximum absolute atomic E-state index is 15.8. The first-order valence-corrected chi connectivity index (χ1v) is 13.5. The number of nitrogens with zero attached hydrogens (tertiary/aromatic N) is 5. The number of methoxy groups -OCH3 is 1. The molecule has 3 saturated carbocycles. The molecule has 1 amide bonds. The van der Waals surface area contributed by atoms with Gasteiger partial charge in [-0.25, -0.2) is 14.4 Å². The molecule has 4 fully saturated rings. The minimum atomic E-state index is -0.410. The number of amides is 1. The molecule has 4 atom stereocenters. The number of rotatable bonds is 7. The number of imidazole rings is 1. The third-order valence-corrected chi connectivity index (χ3v) is 9.36. The summed E-state index contributed by atoms with van der Waals surface area (Å²) in [5.41, 5.74) is 3.19. The molecule has 3 aromatic heterocycles. The van der Waals surface area contributed by atoms with E-state index in [1.165, 1.54) is 25.3 Å². The molecule has 4 aliphatic rings. The van der Waals surface area contributed by atoms with Crippen LogP contribution >= 0.6 is 0 Å². The second-order valence-electron chi connectivity index (χ2n) is 11.5. The molecule has 8 rings (SSSR count). The van der Waals surface area contributed by atoms with Crippen LogP contribution < -0.4 is 0 Å². The molecule has 37 heavy (non-hydrogen) atoms. The number of fused-ring (bicyclic) bond motifs is 2. The number of hydrogen-bond acceptors (Lipinski definition) is 4. The highest BCUT2D eigenvalue weighted by atomic mass is 19.1. The summed E-state index contributed by atoms with van der Waals surface area (Å²) in [7, 11) is 1.65. The zero-order valence-corrected chi connectivity index (χ0v) is 20.9. The third kappa shape index (κ3) is 3.17. The Kier molecular flexibility index (Phi) is 4.63. The summed E-state index contributed by atoms with van der Waals surface area (Å²) >= 11 is 0. The van der Waals surface area contributed by atoms with Crippen molar-refractivity contribution in [3.05, 3.63) is 47.9 Å². The first-order valence-electron chi connectivity index (χ1n) is 13.5. The van der Waals surface area contributed by atoms with Crippen LogP contribution in [0.4, 0.5) is 4.39 Å². The number of ether oxygens (including phenoxy) is 1. The van der Waals surface area contributed by atoms with Gasteiger partial charge in [-0.15, -0.1) is 0 Å². The van der Waals surface area contributed by atoms with Crippen molar-refractivity contribution in [1.82, 2.24) is 24.0 Å². The van der Waals surface area contributed by atoms with Gasteiger partial charge in [-0.1, -0.05) is 0 Å². The van der Waals surface area contributed by atoms with Crippen molar-refractivity contribution in [2.75, 3.05) is 20.3 Å². The van der Waals surface area contributed by atoms with Crippen molar-refractivity contribution in [3.63, 3.8) is 0 Å². The van der Waals surface area contributed by atoms with Crippen LogP contribution in [0.2, 0.25) is 0 Å². The Labute approximate surface area is 214 Å². The van der Waals surface area contributed by atoms with Crippen LogP contribution in [0.5, 0.6) is 0 Å². The predicted molar refractivity (Wildman–Crippen MR) is 138 cm³/mol. The highest BCUT2D eigenvalue weighted by Gasteiger charge is 2.61. The molecule has 7 nitrogen and oxygen atoms in total. The van der Waals surface area contributed by atoms with Crippen molar-refractivity contribution in [3.8, 4) is 11.5 Å². The standard InChI is InChI=1S/C29H30FN5O2/c1-37-8-7-33-26-21(30)10-19(29(36)35-15-20-9-18-13-23(35)25(18)20)11-22(26)32-28(33)24-12-17-3-2-6-31-27(17)34(24)14-16-4-5-16/h2-3,6,10-12,16,18,20,23,25H,4-5,7-9,13-15H2,1H3/t18?,20-,23-,25-/m1/s1. The number of carbonyl (C=O) groups is 1. The van der Waals surface area contributed by atoms with Crippen molar-refractivity contribution in [1.29, 1.82) is 0 Å². The number of halogens is 1. The number of benzene rings is 1. The van der Waals surface area contributed by atoms with Gasteiger partial charge in [0.2, 0.25) is 0 Å². The van der Waals surface area contributed by atoms with E-state index in [1.54, 1.807) is 13.2 Å². The van der Waals surface area contributed by atoms with Gasteiger partial charge >= 0.3 is 0 Å². The monoisotopic (exact) mass is 499 g/mol. The SMILES string of the molecule is COCCn1c(-c2cc3cccnc3n2CC2CC2)nc2cc(C(=O)N3C[C@H]4CC5C[C@@H]3[C@H]54)cc(F)c21. The van der Waals surface area contributed by atoms with Crippen LogP contribution in [0, 0.1) is 29.5 Å². The van der Waals surface area contributed by atoms with Crippen molar-refractivity contribution < 1.29 is 13.9 Å². The summed E-state index contributed by atoms with van der Waals surface area (Å²) in [6.07, 6.45) is 6.59. The van der Waals surface area contributed by atoms with E-state index in [4.69, 9.17) is 9.72 Å². The van der Waals surface area contributed by atoms with E-state index in [1.807, 2.05) is 21.7 Å². The Morgan fingerprint density at radius 2 is 2.05 bits per heavy atom. The Morgan fingerprint density at radius 3 is 2.84 bits per heavy atom. The van der Waals surface area contributed by atoms with Gasteiger partial charge in [-0.3, -0.25) is 4.79 Å². The van der Waals surface area contributed by atoms with Crippen molar-refractivity contribution in [2.45, 2.75) is 44.8 Å². The van der Waals surface area contributed by atoms with Gasteiger partial charge in [0.25, 0.3) is 5.91 Å². The minimum Gasteiger partial charge on any atom is -0.383 e. The van der Waals surface area contributed by atoms with E-state index in [-0.39, 0.29) is 5.91 Å². The summed E-state index contributed by atoms with van der Waals surface area (Å²) in [6.45, 7) is 2.57. The molecule has 1 aromatic carbocycles. The maximum Gasteiger partial charge on any atom is 0.254 e. The van der Waals surface area contributed by atoms with E-state index in [9.17, 15) is 4.79 Å². The number of likely N-dealkylation sites (tertiary alicyclic amines) is 1. The van der Waals surface area contributed by atoms with Crippen molar-refractivity contribution in [2.24, 2.45) is 23.7 Å². The summed E-state index contributed by atoms with van der Waals surface area (Å²) in [4.78, 5) is 25.2. The van der Waals surface area contributed by atoms with Gasteiger partial charge in [-0.05, 0) is 79.7 Å². The average molecular weight is 500 g/mol. The predicted octanol–water partition coefficient (Wildman–Crippen LogP) is 4.73. The summed E-state index contributed by atoms with van der Waals surface area (Å²) < 4.78 is 25.3. The van der Waals surface area contributed by atoms with Crippen LogP contribution in [0.15, 0.2) is 36.5 Å². The molecule has 1 unspecified atom stereocenters. The van der Waals surface area contributed by atoms with Gasteiger partial charge in [-0.2, -0.15) is 0 Å². The van der Waals surface area contributed by atoms with Crippen LogP contribution in [0.1, 0.15) is 36.0 Å². The number of pyridine rings is 1. The largest absolute Gasteiger partial charge is 0.383 e. The third-order valence-electron chi connectivity index (χ3n) is 9.36. The Balaban J connectivity index is 1.25. The van der Waals surface area contributed by atoms with E-state index in [2.05, 4.69) is 21.7 Å². The Morgan fingerprint density at radius 1 is 1.16 bits per heavy atom. The van der Waals surface area contributed by atoms with E-state index < -0.39 is 5.82 Å². The van der Waals surface area contributed by atoms with Gasteiger partial charge in [0.05, 0.1) is 17.8 Å². The first kappa shape index (κ1) is 21.8. The van der Waals surface area contributed by atoms with Gasteiger partial charge in [0, 0.05) is 49.9 Å². The molecule has 4 heterocycles. The minimum absolute atomic E-state index is 0.0568. The van der Waals surface area contributed by atoms with Crippen LogP contribution in [0.25, 0.3) is 33.6 Å². The molecular formula is C29H30FN5O2. The second kappa shape index (κ2) is 7.87. The molecule has 3 aliphatic carbocycles. The lowest BCUT2D eigenvalue weighted by Gasteiger charge is -2.52. The first-order chi connectivity index (χ1) is 18.1. The highest BCUT2D eigenvalue weighted by Crippen LogP contribution is 2.60. The van der Waals surface area contributed by atoms with Gasteiger partial charge in [0.1, 0.15) is 17.0 Å². The smallest absolute Gasteiger partial charge is 0.254 e. The molecule has 4 aromatic rings. The number of aromatic nitrogens is 4. The number of carbonyl (C=O) groups excluding carboxylic acids is 1. The lowest BCUT2D eigenvalue weighted by atomic mass is 9.53. The zero-order valence-electron chi connectivity index (χ0n) is 20.9. The van der Waals surface area contributed by atoms with E-state index in [0.29, 0.717) is 59.4 Å². The molecule has 190 valence electrons. The molecule has 8 heteroatoms. The lowest BCUT2D eigenvalue weighted by molar-refractivity contribution is -0.0204. The Bertz CT molecular complexity index is 1570. The fraction of sp³-hybridized carbons (Fsp3) is 0.483.